The predicted molar refractivity (Wildman–Crippen MR) is 74.8 cm³/mol. The van der Waals surface area contributed by atoms with Crippen LogP contribution < -0.4 is 0 Å². The van der Waals surface area contributed by atoms with Gasteiger partial charge in [-0.25, -0.2) is 0 Å². The third-order valence-corrected chi connectivity index (χ3v) is 3.05. The molecule has 0 heterocycles. The van der Waals surface area contributed by atoms with Gasteiger partial charge in [0.2, 0.25) is 0 Å². The summed E-state index contributed by atoms with van der Waals surface area (Å²) < 4.78 is 0. The molecule has 18 heavy (non-hydrogen) atoms. The molecule has 1 unspecified atom stereocenters. The lowest BCUT2D eigenvalue weighted by atomic mass is 10.1. The lowest BCUT2D eigenvalue weighted by Gasteiger charge is -2.26. The second-order valence-corrected chi connectivity index (χ2v) is 5.78. The van der Waals surface area contributed by atoms with Crippen LogP contribution in [0.4, 0.5) is 0 Å². The number of rotatable bonds is 6. The molecule has 0 aliphatic heterocycles. The average molecular weight is 272 g/mol. The molecule has 4 heteroatoms. The van der Waals surface area contributed by atoms with Gasteiger partial charge in [-0.05, 0) is 38.9 Å². The Bertz CT molecular complexity index is 376. The zero-order chi connectivity index (χ0) is 13.8. The molecule has 0 amide bonds. The van der Waals surface area contributed by atoms with Crippen LogP contribution in [0.25, 0.3) is 0 Å². The van der Waals surface area contributed by atoms with Crippen molar-refractivity contribution < 1.29 is 10.2 Å². The van der Waals surface area contributed by atoms with Gasteiger partial charge in [-0.15, -0.1) is 0 Å². The van der Waals surface area contributed by atoms with Crippen molar-refractivity contribution in [2.24, 2.45) is 0 Å². The van der Waals surface area contributed by atoms with Crippen LogP contribution in [0.2, 0.25) is 5.02 Å². The fourth-order valence-corrected chi connectivity index (χ4v) is 2.24. The van der Waals surface area contributed by atoms with Gasteiger partial charge in [0.05, 0.1) is 11.7 Å². The number of nitrogens with zero attached hydrogens (tertiary/aromatic N) is 1. The molecule has 1 aromatic rings. The second kappa shape index (κ2) is 6.53. The molecule has 0 aliphatic carbocycles. The first-order valence-electron chi connectivity index (χ1n) is 6.13. The van der Waals surface area contributed by atoms with Gasteiger partial charge in [-0.3, -0.25) is 0 Å². The monoisotopic (exact) mass is 271 g/mol. The van der Waals surface area contributed by atoms with Gasteiger partial charge in [0.1, 0.15) is 0 Å². The lowest BCUT2D eigenvalue weighted by Crippen LogP contribution is -2.37. The summed E-state index contributed by atoms with van der Waals surface area (Å²) in [5.74, 6) is 0. The Morgan fingerprint density at radius 3 is 2.50 bits per heavy atom. The van der Waals surface area contributed by atoms with E-state index in [0.29, 0.717) is 24.5 Å². The van der Waals surface area contributed by atoms with Crippen LogP contribution in [0.5, 0.6) is 0 Å². The number of hydrogen-bond donors (Lipinski definition) is 2. The van der Waals surface area contributed by atoms with Crippen LogP contribution in [-0.4, -0.2) is 40.9 Å². The highest BCUT2D eigenvalue weighted by atomic mass is 35.5. The molecule has 0 aliphatic rings. The molecule has 1 atom stereocenters. The number of likely N-dealkylation sites (N-methyl/N-ethyl adjacent to an activating group) is 1. The molecule has 102 valence electrons. The molecule has 3 nitrogen and oxygen atoms in total. The van der Waals surface area contributed by atoms with Gasteiger partial charge in [-0.2, -0.15) is 0 Å². The first-order valence-corrected chi connectivity index (χ1v) is 6.51. The maximum atomic E-state index is 10.1. The van der Waals surface area contributed by atoms with E-state index in [0.717, 1.165) is 5.56 Å². The summed E-state index contributed by atoms with van der Waals surface area (Å²) in [4.78, 5) is 2.00. The molecule has 0 bridgehead atoms. The summed E-state index contributed by atoms with van der Waals surface area (Å²) in [7, 11) is 1.93. The second-order valence-electron chi connectivity index (χ2n) is 5.38. The van der Waals surface area contributed by atoms with Crippen molar-refractivity contribution >= 4 is 11.6 Å². The van der Waals surface area contributed by atoms with Crippen LogP contribution in [0, 0.1) is 0 Å². The Balaban J connectivity index is 2.47. The molecule has 2 N–H and O–H groups in total. The van der Waals surface area contributed by atoms with Gasteiger partial charge in [0.25, 0.3) is 0 Å². The molecule has 0 aromatic heterocycles. The normalized spacial score (nSPS) is 13.9. The lowest BCUT2D eigenvalue weighted by molar-refractivity contribution is 0.0393. The summed E-state index contributed by atoms with van der Waals surface area (Å²) in [6, 6.07) is 7.33. The first-order chi connectivity index (χ1) is 8.29. The Kier molecular flexibility index (Phi) is 5.60. The zero-order valence-electron chi connectivity index (χ0n) is 11.2. The van der Waals surface area contributed by atoms with Gasteiger partial charge in [0, 0.05) is 18.1 Å². The van der Waals surface area contributed by atoms with Crippen molar-refractivity contribution in [3.63, 3.8) is 0 Å². The molecule has 0 radical (unpaired) electrons. The fourth-order valence-electron chi connectivity index (χ4n) is 1.98. The number of aliphatic hydroxyl groups excluding tert-OH is 1. The zero-order valence-corrected chi connectivity index (χ0v) is 12.0. The fraction of sp³-hybridized carbons (Fsp3) is 0.571. The Labute approximate surface area is 114 Å². The van der Waals surface area contributed by atoms with E-state index in [9.17, 15) is 10.2 Å². The third-order valence-electron chi connectivity index (χ3n) is 2.71. The van der Waals surface area contributed by atoms with Crippen LogP contribution in [0.15, 0.2) is 24.3 Å². The highest BCUT2D eigenvalue weighted by molar-refractivity contribution is 6.31. The molecule has 1 aromatic carbocycles. The summed E-state index contributed by atoms with van der Waals surface area (Å²) in [5.41, 5.74) is 0.0419. The average Bonchev–Trinajstić information content (AvgIpc) is 2.24. The molecule has 1 rings (SSSR count). The minimum Gasteiger partial charge on any atom is -0.389 e. The van der Waals surface area contributed by atoms with E-state index in [4.69, 9.17) is 11.6 Å². The summed E-state index contributed by atoms with van der Waals surface area (Å²) >= 11 is 6.03. The summed E-state index contributed by atoms with van der Waals surface area (Å²) in [5, 5.41) is 20.4. The van der Waals surface area contributed by atoms with Gasteiger partial charge in [-0.1, -0.05) is 29.8 Å². The van der Waals surface area contributed by atoms with Crippen molar-refractivity contribution in [1.82, 2.24) is 4.90 Å². The first kappa shape index (κ1) is 15.4. The Hall–Kier alpha value is -0.610. The van der Waals surface area contributed by atoms with Gasteiger partial charge < -0.3 is 15.1 Å². The smallest absolute Gasteiger partial charge is 0.0816 e. The van der Waals surface area contributed by atoms with Crippen LogP contribution in [0.3, 0.4) is 0 Å². The topological polar surface area (TPSA) is 43.7 Å². The quantitative estimate of drug-likeness (QED) is 0.835. The SMILES string of the molecule is CN(CCC(O)c1ccccc1Cl)CC(C)(C)O. The number of halogens is 1. The standard InChI is InChI=1S/C14H22ClNO2/c1-14(2,18)10-16(3)9-8-13(17)11-6-4-5-7-12(11)15/h4-7,13,17-18H,8-10H2,1-3H3. The van der Waals surface area contributed by atoms with E-state index in [-0.39, 0.29) is 0 Å². The van der Waals surface area contributed by atoms with Crippen LogP contribution in [-0.2, 0) is 0 Å². The van der Waals surface area contributed by atoms with Crippen molar-refractivity contribution in [2.45, 2.75) is 32.0 Å². The highest BCUT2D eigenvalue weighted by Gasteiger charge is 2.17. The number of aliphatic hydroxyl groups is 2. The van der Waals surface area contributed by atoms with Crippen LogP contribution in [0.1, 0.15) is 31.9 Å². The molecule has 0 saturated carbocycles. The van der Waals surface area contributed by atoms with Gasteiger partial charge in [0.15, 0.2) is 0 Å². The summed E-state index contributed by atoms with van der Waals surface area (Å²) in [6.07, 6.45) is 0.0269. The molecule has 0 fully saturated rings. The van der Waals surface area contributed by atoms with E-state index in [1.807, 2.05) is 30.1 Å². The minimum absolute atomic E-state index is 0.567. The van der Waals surface area contributed by atoms with Crippen molar-refractivity contribution in [3.8, 4) is 0 Å². The predicted octanol–water partition coefficient (Wildman–Crippen LogP) is 2.47. The highest BCUT2D eigenvalue weighted by Crippen LogP contribution is 2.24. The van der Waals surface area contributed by atoms with Crippen molar-refractivity contribution in [2.75, 3.05) is 20.1 Å². The maximum Gasteiger partial charge on any atom is 0.0816 e. The Morgan fingerprint density at radius 2 is 1.94 bits per heavy atom. The van der Waals surface area contributed by atoms with E-state index in [1.165, 1.54) is 0 Å². The Morgan fingerprint density at radius 1 is 1.33 bits per heavy atom. The van der Waals surface area contributed by atoms with E-state index >= 15 is 0 Å². The largest absolute Gasteiger partial charge is 0.389 e. The van der Waals surface area contributed by atoms with Crippen molar-refractivity contribution in [3.05, 3.63) is 34.9 Å². The minimum atomic E-state index is -0.718. The molecular formula is C14H22ClNO2. The number of benzene rings is 1. The summed E-state index contributed by atoms with van der Waals surface area (Å²) in [6.45, 7) is 4.82. The van der Waals surface area contributed by atoms with E-state index in [1.54, 1.807) is 19.9 Å². The maximum absolute atomic E-state index is 10.1. The molecule has 0 spiro atoms. The van der Waals surface area contributed by atoms with Gasteiger partial charge >= 0.3 is 0 Å². The number of hydrogen-bond acceptors (Lipinski definition) is 3. The van der Waals surface area contributed by atoms with E-state index < -0.39 is 11.7 Å². The van der Waals surface area contributed by atoms with E-state index in [2.05, 4.69) is 0 Å². The van der Waals surface area contributed by atoms with Crippen molar-refractivity contribution in [1.29, 1.82) is 0 Å². The molecule has 0 saturated heterocycles. The van der Waals surface area contributed by atoms with Crippen LogP contribution >= 0.6 is 11.6 Å². The third kappa shape index (κ3) is 5.36. The molecular weight excluding hydrogens is 250 g/mol.